The molecule has 3 aliphatic rings. The smallest absolute Gasteiger partial charge is 0.247 e. The topological polar surface area (TPSA) is 81.2 Å². The van der Waals surface area contributed by atoms with Crippen LogP contribution in [0.15, 0.2) is 55.6 Å². The lowest BCUT2D eigenvalue weighted by molar-refractivity contribution is -0.147. The van der Waals surface area contributed by atoms with E-state index in [0.717, 1.165) is 18.5 Å². The van der Waals surface area contributed by atoms with Crippen molar-refractivity contribution in [2.75, 3.05) is 24.6 Å². The van der Waals surface area contributed by atoms with Crippen molar-refractivity contribution in [3.8, 4) is 0 Å². The Hall–Kier alpha value is -2.10. The number of benzene rings is 1. The second-order valence-electron chi connectivity index (χ2n) is 12.4. The van der Waals surface area contributed by atoms with E-state index in [4.69, 9.17) is 0 Å². The number of fused-ring (bicyclic) bond motifs is 1. The second kappa shape index (κ2) is 13.7. The maximum Gasteiger partial charge on any atom is 0.247 e. The van der Waals surface area contributed by atoms with Gasteiger partial charge < -0.3 is 19.8 Å². The maximum absolute atomic E-state index is 14.7. The van der Waals surface area contributed by atoms with Crippen LogP contribution in [0, 0.1) is 17.8 Å². The number of carbonyl (C=O) groups is 3. The highest BCUT2D eigenvalue weighted by Gasteiger charge is 2.76. The van der Waals surface area contributed by atoms with E-state index < -0.39 is 28.7 Å². The van der Waals surface area contributed by atoms with Crippen LogP contribution in [0.4, 0.5) is 5.69 Å². The third kappa shape index (κ3) is 5.73. The molecule has 4 unspecified atom stereocenters. The average Bonchev–Trinajstić information content (AvgIpc) is 3.56. The first-order valence-electron chi connectivity index (χ1n) is 15.2. The van der Waals surface area contributed by atoms with Crippen molar-refractivity contribution in [1.82, 2.24) is 9.80 Å². The maximum atomic E-state index is 14.7. The molecule has 3 aliphatic heterocycles. The molecule has 0 aromatic heterocycles. The highest BCUT2D eigenvalue weighted by atomic mass is 79.9. The molecule has 0 saturated carbocycles. The van der Waals surface area contributed by atoms with E-state index in [1.165, 1.54) is 0 Å². The van der Waals surface area contributed by atoms with E-state index in [1.54, 1.807) is 33.7 Å². The summed E-state index contributed by atoms with van der Waals surface area (Å²) in [6.07, 6.45) is 6.37. The van der Waals surface area contributed by atoms with E-state index in [-0.39, 0.29) is 46.4 Å². The zero-order chi connectivity index (χ0) is 30.8. The van der Waals surface area contributed by atoms with Gasteiger partial charge in [-0.1, -0.05) is 73.5 Å². The fourth-order valence-electron chi connectivity index (χ4n) is 7.44. The number of thioether (sulfide) groups is 1. The second-order valence-corrected chi connectivity index (χ2v) is 15.1. The molecule has 1 aromatic rings. The van der Waals surface area contributed by atoms with E-state index in [1.807, 2.05) is 42.2 Å². The number of carbonyl (C=O) groups excluding carboxylic acids is 3. The van der Waals surface area contributed by atoms with Crippen molar-refractivity contribution in [2.24, 2.45) is 17.8 Å². The summed E-state index contributed by atoms with van der Waals surface area (Å²) in [5.74, 6) is -1.48. The number of hydrogen-bond acceptors (Lipinski definition) is 5. The van der Waals surface area contributed by atoms with E-state index in [0.29, 0.717) is 25.9 Å². The molecule has 1 N–H and O–H groups in total. The molecular weight excluding hydrogens is 614 g/mol. The third-order valence-corrected chi connectivity index (χ3v) is 12.3. The highest BCUT2D eigenvalue weighted by molar-refractivity contribution is 9.09. The van der Waals surface area contributed by atoms with Crippen LogP contribution < -0.4 is 4.90 Å². The fraction of sp³-hybridized carbons (Fsp3) is 0.606. The summed E-state index contributed by atoms with van der Waals surface area (Å²) < 4.78 is -0.778. The minimum atomic E-state index is -0.778. The molecule has 8 atom stereocenters. The number of para-hydroxylation sites is 1. The molecule has 2 bridgehead atoms. The summed E-state index contributed by atoms with van der Waals surface area (Å²) in [4.78, 5) is 49.2. The van der Waals surface area contributed by atoms with Gasteiger partial charge in [0.05, 0.1) is 29.2 Å². The van der Waals surface area contributed by atoms with Gasteiger partial charge in [0.25, 0.3) is 0 Å². The van der Waals surface area contributed by atoms with Gasteiger partial charge in [0.1, 0.15) is 6.04 Å². The zero-order valence-corrected chi connectivity index (χ0v) is 27.7. The largest absolute Gasteiger partial charge is 0.394 e. The molecule has 1 spiro atoms. The Kier molecular flexibility index (Phi) is 10.7. The number of hydrogen-bond donors (Lipinski definition) is 1. The minimum absolute atomic E-state index is 0.0318. The van der Waals surface area contributed by atoms with Crippen LogP contribution in [-0.4, -0.2) is 85.3 Å². The number of aliphatic hydroxyl groups is 1. The number of rotatable bonds is 14. The van der Waals surface area contributed by atoms with Crippen molar-refractivity contribution in [3.63, 3.8) is 0 Å². The van der Waals surface area contributed by atoms with Crippen molar-refractivity contribution >= 4 is 51.1 Å². The summed E-state index contributed by atoms with van der Waals surface area (Å²) >= 11 is 5.52. The Balaban J connectivity index is 1.84. The Labute approximate surface area is 263 Å². The molecule has 9 heteroatoms. The predicted molar refractivity (Wildman–Crippen MR) is 175 cm³/mol. The Bertz CT molecular complexity index is 1170. The SMILES string of the molecule is C=CCN(C(=O)[C@H]1[C@H]2C(=O)N([C@@H](CO)CC(C)C)C(C(=O)N(CC=C)C(C)CCC)C23CC(Br)[C@@H]1S3)c1ccccc1. The predicted octanol–water partition coefficient (Wildman–Crippen LogP) is 5.28. The van der Waals surface area contributed by atoms with Crippen LogP contribution in [0.2, 0.25) is 0 Å². The molecule has 3 fully saturated rings. The number of amides is 3. The molecule has 3 saturated heterocycles. The fourth-order valence-corrected chi connectivity index (χ4v) is 11.0. The minimum Gasteiger partial charge on any atom is -0.394 e. The molecule has 0 radical (unpaired) electrons. The summed E-state index contributed by atoms with van der Waals surface area (Å²) in [6, 6.07) is 8.16. The first kappa shape index (κ1) is 32.8. The van der Waals surface area contributed by atoms with Gasteiger partial charge in [-0.05, 0) is 44.2 Å². The van der Waals surface area contributed by atoms with Gasteiger partial charge in [0.15, 0.2) is 0 Å². The molecule has 4 rings (SSSR count). The Morgan fingerprint density at radius 3 is 2.40 bits per heavy atom. The highest BCUT2D eigenvalue weighted by Crippen LogP contribution is 2.68. The van der Waals surface area contributed by atoms with E-state index >= 15 is 0 Å². The van der Waals surface area contributed by atoms with Gasteiger partial charge in [-0.2, -0.15) is 0 Å². The summed E-state index contributed by atoms with van der Waals surface area (Å²) in [5.41, 5.74) is 0.754. The van der Waals surface area contributed by atoms with E-state index in [2.05, 4.69) is 49.9 Å². The third-order valence-electron chi connectivity index (χ3n) is 9.09. The lowest BCUT2D eigenvalue weighted by Gasteiger charge is -2.41. The molecule has 7 nitrogen and oxygen atoms in total. The van der Waals surface area contributed by atoms with Gasteiger partial charge in [0, 0.05) is 34.9 Å². The average molecular weight is 661 g/mol. The summed E-state index contributed by atoms with van der Waals surface area (Å²) in [5, 5.41) is 10.5. The number of anilines is 1. The number of nitrogens with zero attached hydrogens (tertiary/aromatic N) is 3. The quantitative estimate of drug-likeness (QED) is 0.217. The molecule has 0 aliphatic carbocycles. The van der Waals surface area contributed by atoms with Crippen LogP contribution in [0.3, 0.4) is 0 Å². The lowest BCUT2D eigenvalue weighted by Crippen LogP contribution is -2.59. The van der Waals surface area contributed by atoms with Gasteiger partial charge in [-0.15, -0.1) is 24.9 Å². The lowest BCUT2D eigenvalue weighted by atomic mass is 9.70. The first-order valence-corrected chi connectivity index (χ1v) is 17.0. The Morgan fingerprint density at radius 1 is 1.17 bits per heavy atom. The van der Waals surface area contributed by atoms with Crippen LogP contribution in [0.25, 0.3) is 0 Å². The van der Waals surface area contributed by atoms with E-state index in [9.17, 15) is 19.5 Å². The first-order chi connectivity index (χ1) is 20.1. The molecule has 3 amide bonds. The Morgan fingerprint density at radius 2 is 1.83 bits per heavy atom. The standard InChI is InChI=1S/C33H46BrN3O4S/c1-7-13-22(6)35(16-8-2)32(41)29-33-19-25(34)28(42-33)26(27(33)31(40)37(29)24(20-38)18-21(4)5)30(39)36(17-9-3)23-14-11-10-12-15-23/h8-12,14-15,21-22,24-29,38H,2-3,7,13,16-20H2,1,4-6H3/t22?,24-,25?,26+,27+,28+,29?,33?/m1/s1. The van der Waals surface area contributed by atoms with Crippen molar-refractivity contribution in [1.29, 1.82) is 0 Å². The number of aliphatic hydroxyl groups excluding tert-OH is 1. The van der Waals surface area contributed by atoms with Crippen LogP contribution in [0.1, 0.15) is 53.4 Å². The molecular formula is C33H46BrN3O4S. The molecule has 42 heavy (non-hydrogen) atoms. The van der Waals surface area contributed by atoms with Gasteiger partial charge >= 0.3 is 0 Å². The molecule has 3 heterocycles. The summed E-state index contributed by atoms with van der Waals surface area (Å²) in [7, 11) is 0. The summed E-state index contributed by atoms with van der Waals surface area (Å²) in [6.45, 7) is 16.5. The molecule has 1 aromatic carbocycles. The number of alkyl halides is 1. The van der Waals surface area contributed by atoms with Crippen molar-refractivity contribution in [3.05, 3.63) is 55.6 Å². The number of likely N-dealkylation sites (tertiary alicyclic amines) is 1. The van der Waals surface area contributed by atoms with Gasteiger partial charge in [0.2, 0.25) is 17.7 Å². The van der Waals surface area contributed by atoms with Gasteiger partial charge in [-0.25, -0.2) is 0 Å². The van der Waals surface area contributed by atoms with Crippen LogP contribution >= 0.6 is 27.7 Å². The molecule has 230 valence electrons. The monoisotopic (exact) mass is 659 g/mol. The van der Waals surface area contributed by atoms with Crippen LogP contribution in [0.5, 0.6) is 0 Å². The van der Waals surface area contributed by atoms with Crippen LogP contribution in [-0.2, 0) is 14.4 Å². The zero-order valence-electron chi connectivity index (χ0n) is 25.3. The number of halogens is 1. The normalized spacial score (nSPS) is 29.4. The van der Waals surface area contributed by atoms with Crippen molar-refractivity contribution in [2.45, 2.75) is 86.3 Å². The van der Waals surface area contributed by atoms with Crippen molar-refractivity contribution < 1.29 is 19.5 Å². The van der Waals surface area contributed by atoms with Gasteiger partial charge in [-0.3, -0.25) is 14.4 Å².